The minimum Gasteiger partial charge on any atom is -0.456 e. The van der Waals surface area contributed by atoms with Gasteiger partial charge in [-0.1, -0.05) is 30.1 Å². The van der Waals surface area contributed by atoms with Crippen LogP contribution < -0.4 is 0 Å². The van der Waals surface area contributed by atoms with Crippen LogP contribution >= 0.6 is 23.2 Å². The highest BCUT2D eigenvalue weighted by atomic mass is 35.5. The molecule has 1 aromatic carbocycles. The van der Waals surface area contributed by atoms with Crippen molar-refractivity contribution in [2.45, 2.75) is 18.2 Å². The van der Waals surface area contributed by atoms with Crippen molar-refractivity contribution in [3.05, 3.63) is 28.2 Å². The second-order valence-corrected chi connectivity index (χ2v) is 8.13. The van der Waals surface area contributed by atoms with E-state index in [-0.39, 0.29) is 60.1 Å². The van der Waals surface area contributed by atoms with Crippen LogP contribution in [-0.2, 0) is 24.3 Å². The van der Waals surface area contributed by atoms with E-state index < -0.39 is 16.0 Å². The molecule has 0 unspecified atom stereocenters. The van der Waals surface area contributed by atoms with E-state index in [0.29, 0.717) is 0 Å². The van der Waals surface area contributed by atoms with E-state index in [0.717, 1.165) is 0 Å². The summed E-state index contributed by atoms with van der Waals surface area (Å²) < 4.78 is 31.4. The maximum Gasteiger partial charge on any atom is 0.306 e. The molecule has 0 aliphatic carbocycles. The lowest BCUT2D eigenvalue weighted by Gasteiger charge is -2.33. The first-order chi connectivity index (χ1) is 11.8. The first-order valence-electron chi connectivity index (χ1n) is 7.64. The molecule has 0 atom stereocenters. The van der Waals surface area contributed by atoms with Crippen LogP contribution in [0.25, 0.3) is 0 Å². The van der Waals surface area contributed by atoms with E-state index in [2.05, 4.69) is 0 Å². The van der Waals surface area contributed by atoms with Crippen molar-refractivity contribution in [2.24, 2.45) is 0 Å². The number of sulfonamides is 1. The van der Waals surface area contributed by atoms with Gasteiger partial charge in [-0.2, -0.15) is 4.31 Å². The normalized spacial score (nSPS) is 15.9. The second kappa shape index (κ2) is 8.35. The third kappa shape index (κ3) is 4.84. The quantitative estimate of drug-likeness (QED) is 0.693. The highest BCUT2D eigenvalue weighted by Crippen LogP contribution is 2.27. The predicted molar refractivity (Wildman–Crippen MR) is 93.1 cm³/mol. The van der Waals surface area contributed by atoms with Gasteiger partial charge in [0, 0.05) is 32.6 Å². The summed E-state index contributed by atoms with van der Waals surface area (Å²) in [5.41, 5.74) is 0. The average Bonchev–Trinajstić information content (AvgIpc) is 2.61. The van der Waals surface area contributed by atoms with Gasteiger partial charge in [-0.3, -0.25) is 9.59 Å². The molecule has 138 valence electrons. The van der Waals surface area contributed by atoms with Crippen molar-refractivity contribution in [1.82, 2.24) is 9.21 Å². The van der Waals surface area contributed by atoms with Crippen molar-refractivity contribution < 1.29 is 22.7 Å². The van der Waals surface area contributed by atoms with E-state index in [1.54, 1.807) is 6.92 Å². The van der Waals surface area contributed by atoms with E-state index in [9.17, 15) is 18.0 Å². The number of hydrogen-bond acceptors (Lipinski definition) is 5. The monoisotopic (exact) mass is 408 g/mol. The van der Waals surface area contributed by atoms with Gasteiger partial charge in [0.25, 0.3) is 5.91 Å². The Hall–Kier alpha value is -1.35. The number of amides is 1. The first-order valence-corrected chi connectivity index (χ1v) is 9.84. The summed E-state index contributed by atoms with van der Waals surface area (Å²) in [7, 11) is -3.71. The number of piperazine rings is 1. The van der Waals surface area contributed by atoms with Crippen LogP contribution in [0.3, 0.4) is 0 Å². The molecule has 0 bridgehead atoms. The van der Waals surface area contributed by atoms with E-state index in [1.165, 1.54) is 27.4 Å². The lowest BCUT2D eigenvalue weighted by molar-refractivity contribution is -0.152. The molecule has 1 aromatic rings. The second-order valence-electron chi connectivity index (χ2n) is 5.38. The standard InChI is InChI=1S/C15H18Cl2N2O5S/c1-2-15(21)24-10-14(20)18-5-7-19(8-6-18)25(22,23)11-3-4-12(16)13(17)9-11/h3-4,9H,2,5-8,10H2,1H3. The Kier molecular flexibility index (Phi) is 6.67. The predicted octanol–water partition coefficient (Wildman–Crippen LogP) is 1.78. The molecule has 1 aliphatic heterocycles. The zero-order chi connectivity index (χ0) is 18.6. The molecule has 1 heterocycles. The summed E-state index contributed by atoms with van der Waals surface area (Å²) in [5, 5.41) is 0.437. The van der Waals surface area contributed by atoms with Crippen LogP contribution in [0.5, 0.6) is 0 Å². The maximum absolute atomic E-state index is 12.6. The molecule has 25 heavy (non-hydrogen) atoms. The van der Waals surface area contributed by atoms with Crippen molar-refractivity contribution >= 4 is 45.1 Å². The van der Waals surface area contributed by atoms with E-state index in [1.807, 2.05) is 0 Å². The van der Waals surface area contributed by atoms with Gasteiger partial charge in [0.1, 0.15) is 0 Å². The Morgan fingerprint density at radius 3 is 2.32 bits per heavy atom. The number of esters is 1. The Labute approximate surface area is 156 Å². The van der Waals surface area contributed by atoms with Crippen molar-refractivity contribution in [2.75, 3.05) is 32.8 Å². The molecule has 0 radical (unpaired) electrons. The highest BCUT2D eigenvalue weighted by Gasteiger charge is 2.30. The minimum absolute atomic E-state index is 0.0542. The summed E-state index contributed by atoms with van der Waals surface area (Å²) in [4.78, 5) is 24.6. The molecule has 1 amide bonds. The van der Waals surface area contributed by atoms with Crippen LogP contribution in [0.1, 0.15) is 13.3 Å². The lowest BCUT2D eigenvalue weighted by atomic mass is 10.3. The minimum atomic E-state index is -3.71. The molecular weight excluding hydrogens is 391 g/mol. The van der Waals surface area contributed by atoms with Crippen LogP contribution in [0.15, 0.2) is 23.1 Å². The number of carbonyl (C=O) groups is 2. The fourth-order valence-electron chi connectivity index (χ4n) is 2.30. The third-order valence-corrected chi connectivity index (χ3v) is 6.40. The fourth-order valence-corrected chi connectivity index (χ4v) is 4.11. The molecule has 2 rings (SSSR count). The van der Waals surface area contributed by atoms with Gasteiger partial charge in [0.15, 0.2) is 6.61 Å². The van der Waals surface area contributed by atoms with Crippen LogP contribution in [-0.4, -0.2) is 62.3 Å². The molecule has 1 aliphatic rings. The summed E-state index contributed by atoms with van der Waals surface area (Å²) in [6.07, 6.45) is 0.197. The van der Waals surface area contributed by atoms with Crippen molar-refractivity contribution in [1.29, 1.82) is 0 Å². The van der Waals surface area contributed by atoms with Gasteiger partial charge in [-0.15, -0.1) is 0 Å². The zero-order valence-electron chi connectivity index (χ0n) is 13.6. The van der Waals surface area contributed by atoms with Crippen molar-refractivity contribution in [3.8, 4) is 0 Å². The number of carbonyl (C=O) groups excluding carboxylic acids is 2. The summed E-state index contributed by atoms with van der Waals surface area (Å²) in [6.45, 7) is 2.06. The van der Waals surface area contributed by atoms with Gasteiger partial charge in [0.2, 0.25) is 10.0 Å². The fraction of sp³-hybridized carbons (Fsp3) is 0.467. The Bertz CT molecular complexity index is 761. The number of rotatable bonds is 5. The Morgan fingerprint density at radius 2 is 1.76 bits per heavy atom. The molecule has 0 aromatic heterocycles. The topological polar surface area (TPSA) is 84.0 Å². The number of ether oxygens (including phenoxy) is 1. The SMILES string of the molecule is CCC(=O)OCC(=O)N1CCN(S(=O)(=O)c2ccc(Cl)c(Cl)c2)CC1. The average molecular weight is 409 g/mol. The lowest BCUT2D eigenvalue weighted by Crippen LogP contribution is -2.51. The smallest absolute Gasteiger partial charge is 0.306 e. The molecular formula is C15H18Cl2N2O5S. The highest BCUT2D eigenvalue weighted by molar-refractivity contribution is 7.89. The van der Waals surface area contributed by atoms with Crippen LogP contribution in [0.4, 0.5) is 0 Å². The van der Waals surface area contributed by atoms with Gasteiger partial charge < -0.3 is 9.64 Å². The van der Waals surface area contributed by atoms with Crippen LogP contribution in [0.2, 0.25) is 10.0 Å². The maximum atomic E-state index is 12.6. The van der Waals surface area contributed by atoms with E-state index in [4.69, 9.17) is 27.9 Å². The zero-order valence-corrected chi connectivity index (χ0v) is 15.9. The van der Waals surface area contributed by atoms with Gasteiger partial charge in [-0.25, -0.2) is 8.42 Å². The molecule has 7 nitrogen and oxygen atoms in total. The molecule has 1 saturated heterocycles. The Balaban J connectivity index is 1.97. The summed E-state index contributed by atoms with van der Waals surface area (Å²) in [5.74, 6) is -0.789. The number of hydrogen-bond donors (Lipinski definition) is 0. The van der Waals surface area contributed by atoms with Crippen molar-refractivity contribution in [3.63, 3.8) is 0 Å². The summed E-state index contributed by atoms with van der Waals surface area (Å²) in [6, 6.07) is 4.13. The molecule has 1 fully saturated rings. The number of nitrogens with zero attached hydrogens (tertiary/aromatic N) is 2. The molecule has 0 spiro atoms. The molecule has 0 saturated carbocycles. The van der Waals surface area contributed by atoms with Gasteiger partial charge in [0.05, 0.1) is 14.9 Å². The van der Waals surface area contributed by atoms with Crippen LogP contribution in [0, 0.1) is 0 Å². The number of halogens is 2. The first kappa shape index (κ1) is 20.0. The largest absolute Gasteiger partial charge is 0.456 e. The number of benzene rings is 1. The molecule has 0 N–H and O–H groups in total. The van der Waals surface area contributed by atoms with Gasteiger partial charge in [-0.05, 0) is 18.2 Å². The Morgan fingerprint density at radius 1 is 1.12 bits per heavy atom. The molecule has 10 heteroatoms. The summed E-state index contributed by atoms with van der Waals surface area (Å²) >= 11 is 11.7. The van der Waals surface area contributed by atoms with Gasteiger partial charge >= 0.3 is 5.97 Å². The van der Waals surface area contributed by atoms with E-state index >= 15 is 0 Å². The third-order valence-electron chi connectivity index (χ3n) is 3.77.